The van der Waals surface area contributed by atoms with Crippen LogP contribution in [0, 0.1) is 0 Å². The molecule has 1 saturated heterocycles. The normalized spacial score (nSPS) is 15.6. The van der Waals surface area contributed by atoms with Crippen molar-refractivity contribution in [2.45, 2.75) is 58.4 Å². The van der Waals surface area contributed by atoms with Crippen LogP contribution in [-0.2, 0) is 0 Å². The number of methoxy groups -OCH3 is 1. The summed E-state index contributed by atoms with van der Waals surface area (Å²) in [5, 5.41) is 12.3. The first-order valence-electron chi connectivity index (χ1n) is 12.1. The monoisotopic (exact) mass is 459 g/mol. The first-order chi connectivity index (χ1) is 16.5. The Balaban J connectivity index is 1.45. The van der Waals surface area contributed by atoms with E-state index in [2.05, 4.69) is 59.9 Å². The van der Waals surface area contributed by atoms with E-state index in [1.165, 1.54) is 24.7 Å². The maximum absolute atomic E-state index is 5.56. The van der Waals surface area contributed by atoms with E-state index in [1.54, 1.807) is 11.6 Å². The van der Waals surface area contributed by atoms with Crippen LogP contribution in [0.2, 0.25) is 0 Å². The van der Waals surface area contributed by atoms with E-state index >= 15 is 0 Å². The summed E-state index contributed by atoms with van der Waals surface area (Å²) < 4.78 is 7.29. The summed E-state index contributed by atoms with van der Waals surface area (Å²) in [7, 11) is 1.65. The van der Waals surface area contributed by atoms with Gasteiger partial charge in [0.2, 0.25) is 0 Å². The maximum Gasteiger partial charge on any atom is 0.197 e. The molecule has 5 rings (SSSR count). The summed E-state index contributed by atoms with van der Waals surface area (Å²) in [5.74, 6) is 1.51. The topological polar surface area (TPSA) is 84.2 Å². The van der Waals surface area contributed by atoms with Crippen LogP contribution in [0.3, 0.4) is 0 Å². The summed E-state index contributed by atoms with van der Waals surface area (Å²) in [5.41, 5.74) is 6.83. The van der Waals surface area contributed by atoms with Crippen LogP contribution in [0.1, 0.15) is 63.5 Å². The number of fused-ring (bicyclic) bond motifs is 1. The van der Waals surface area contributed by atoms with Gasteiger partial charge in [-0.15, -0.1) is 0 Å². The second-order valence-electron chi connectivity index (χ2n) is 9.72. The number of rotatable bonds is 6. The molecular formula is C26H33N7O. The summed E-state index contributed by atoms with van der Waals surface area (Å²) in [6.07, 6.45) is 7.91. The molecule has 1 N–H and O–H groups in total. The van der Waals surface area contributed by atoms with Crippen LogP contribution in [0.4, 0.5) is 0 Å². The molecule has 0 spiro atoms. The van der Waals surface area contributed by atoms with E-state index in [1.807, 2.05) is 18.5 Å². The molecule has 0 radical (unpaired) electrons. The molecule has 5 heterocycles. The molecule has 0 aliphatic carbocycles. The Kier molecular flexibility index (Phi) is 6.08. The van der Waals surface area contributed by atoms with Gasteiger partial charge in [0.25, 0.3) is 0 Å². The second kappa shape index (κ2) is 9.18. The Morgan fingerprint density at radius 3 is 2.53 bits per heavy atom. The first-order valence-corrected chi connectivity index (χ1v) is 12.1. The van der Waals surface area contributed by atoms with Gasteiger partial charge < -0.3 is 9.64 Å². The number of nitrogens with one attached hydrogen (secondary N) is 1. The van der Waals surface area contributed by atoms with Gasteiger partial charge in [-0.3, -0.25) is 10.1 Å². The third-order valence-electron chi connectivity index (χ3n) is 6.99. The predicted octanol–water partition coefficient (Wildman–Crippen LogP) is 4.90. The highest BCUT2D eigenvalue weighted by Crippen LogP contribution is 2.37. The Morgan fingerprint density at radius 1 is 1.09 bits per heavy atom. The van der Waals surface area contributed by atoms with E-state index in [9.17, 15) is 0 Å². The molecule has 34 heavy (non-hydrogen) atoms. The van der Waals surface area contributed by atoms with Gasteiger partial charge in [0.15, 0.2) is 11.4 Å². The minimum Gasteiger partial charge on any atom is -0.493 e. The molecule has 1 aliphatic heterocycles. The SMILES string of the molecule is COc1cc(-c2[nH]nc(-c3ccc(C4CCN(C(C)C)CC4)cn3)c2C(C)C)cn2ncnc12. The van der Waals surface area contributed by atoms with Crippen molar-refractivity contribution < 1.29 is 4.74 Å². The Hall–Kier alpha value is -3.26. The van der Waals surface area contributed by atoms with Crippen LogP contribution in [0.25, 0.3) is 28.3 Å². The van der Waals surface area contributed by atoms with Gasteiger partial charge in [-0.1, -0.05) is 19.9 Å². The minimum absolute atomic E-state index is 0.253. The molecular weight excluding hydrogens is 426 g/mol. The summed E-state index contributed by atoms with van der Waals surface area (Å²) in [4.78, 5) is 11.7. The number of nitrogens with zero attached hydrogens (tertiary/aromatic N) is 6. The van der Waals surface area contributed by atoms with Crippen LogP contribution in [0.5, 0.6) is 5.75 Å². The van der Waals surface area contributed by atoms with E-state index < -0.39 is 0 Å². The molecule has 178 valence electrons. The number of H-pyrrole nitrogens is 1. The summed E-state index contributed by atoms with van der Waals surface area (Å²) in [6.45, 7) is 11.2. The molecule has 1 fully saturated rings. The van der Waals surface area contributed by atoms with Gasteiger partial charge in [0.1, 0.15) is 12.0 Å². The zero-order chi connectivity index (χ0) is 23.8. The Morgan fingerprint density at radius 2 is 1.88 bits per heavy atom. The lowest BCUT2D eigenvalue weighted by atomic mass is 9.89. The molecule has 0 aromatic carbocycles. The maximum atomic E-state index is 5.56. The van der Waals surface area contributed by atoms with E-state index in [-0.39, 0.29) is 5.92 Å². The van der Waals surface area contributed by atoms with Gasteiger partial charge in [0, 0.05) is 29.6 Å². The van der Waals surface area contributed by atoms with Crippen molar-refractivity contribution >= 4 is 5.65 Å². The lowest BCUT2D eigenvalue weighted by Gasteiger charge is -2.34. The van der Waals surface area contributed by atoms with Crippen LogP contribution in [-0.4, -0.2) is 60.9 Å². The zero-order valence-electron chi connectivity index (χ0n) is 20.6. The highest BCUT2D eigenvalue weighted by atomic mass is 16.5. The fourth-order valence-electron chi connectivity index (χ4n) is 5.05. The van der Waals surface area contributed by atoms with Gasteiger partial charge in [-0.25, -0.2) is 9.50 Å². The summed E-state index contributed by atoms with van der Waals surface area (Å²) >= 11 is 0. The number of hydrogen-bond acceptors (Lipinski definition) is 6. The highest BCUT2D eigenvalue weighted by molar-refractivity contribution is 5.75. The summed E-state index contributed by atoms with van der Waals surface area (Å²) in [6, 6.07) is 6.96. The van der Waals surface area contributed by atoms with Crippen molar-refractivity contribution in [2.75, 3.05) is 20.2 Å². The van der Waals surface area contributed by atoms with Crippen molar-refractivity contribution in [1.29, 1.82) is 0 Å². The van der Waals surface area contributed by atoms with Crippen LogP contribution in [0.15, 0.2) is 36.9 Å². The van der Waals surface area contributed by atoms with Crippen molar-refractivity contribution in [1.82, 2.24) is 34.7 Å². The number of hydrogen-bond donors (Lipinski definition) is 1. The lowest BCUT2D eigenvalue weighted by Crippen LogP contribution is -2.37. The molecule has 0 saturated carbocycles. The number of likely N-dealkylation sites (tertiary alicyclic amines) is 1. The third-order valence-corrected chi connectivity index (χ3v) is 6.99. The largest absolute Gasteiger partial charge is 0.493 e. The minimum atomic E-state index is 0.253. The second-order valence-corrected chi connectivity index (χ2v) is 9.72. The Labute approximate surface area is 200 Å². The molecule has 4 aromatic heterocycles. The molecule has 0 bridgehead atoms. The molecule has 1 aliphatic rings. The predicted molar refractivity (Wildman–Crippen MR) is 133 cm³/mol. The molecule has 8 heteroatoms. The van der Waals surface area contributed by atoms with Crippen molar-refractivity contribution in [3.8, 4) is 28.4 Å². The fraction of sp³-hybridized carbons (Fsp3) is 0.462. The highest BCUT2D eigenvalue weighted by Gasteiger charge is 2.24. The Bertz CT molecular complexity index is 1260. The van der Waals surface area contributed by atoms with Gasteiger partial charge in [-0.05, 0) is 69.3 Å². The molecule has 0 atom stereocenters. The average molecular weight is 460 g/mol. The number of pyridine rings is 2. The van der Waals surface area contributed by atoms with Crippen LogP contribution >= 0.6 is 0 Å². The molecule has 0 amide bonds. The van der Waals surface area contributed by atoms with Crippen molar-refractivity contribution in [2.24, 2.45) is 0 Å². The lowest BCUT2D eigenvalue weighted by molar-refractivity contribution is 0.172. The molecule has 0 unspecified atom stereocenters. The van der Waals surface area contributed by atoms with Gasteiger partial charge in [0.05, 0.1) is 18.5 Å². The third kappa shape index (κ3) is 4.07. The van der Waals surface area contributed by atoms with Gasteiger partial charge in [-0.2, -0.15) is 10.2 Å². The van der Waals surface area contributed by atoms with Gasteiger partial charge >= 0.3 is 0 Å². The molecule has 4 aromatic rings. The van der Waals surface area contributed by atoms with Crippen molar-refractivity contribution in [3.63, 3.8) is 0 Å². The van der Waals surface area contributed by atoms with Crippen molar-refractivity contribution in [3.05, 3.63) is 48.0 Å². The average Bonchev–Trinajstić information content (AvgIpc) is 3.51. The number of aromatic nitrogens is 6. The van der Waals surface area contributed by atoms with E-state index in [0.29, 0.717) is 23.4 Å². The van der Waals surface area contributed by atoms with E-state index in [0.717, 1.165) is 41.3 Å². The van der Waals surface area contributed by atoms with Crippen LogP contribution < -0.4 is 4.74 Å². The first kappa shape index (κ1) is 22.5. The molecule has 8 nitrogen and oxygen atoms in total. The quantitative estimate of drug-likeness (QED) is 0.441. The smallest absolute Gasteiger partial charge is 0.197 e. The van der Waals surface area contributed by atoms with E-state index in [4.69, 9.17) is 14.8 Å². The fourth-order valence-corrected chi connectivity index (χ4v) is 5.05. The number of piperidine rings is 1. The number of aromatic amines is 1. The number of ether oxygens (including phenoxy) is 1. The zero-order valence-corrected chi connectivity index (χ0v) is 20.6. The standard InChI is InChI=1S/C26H33N7O/c1-16(2)23-24(20-12-22(34-5)26-28-15-29-33(26)14-20)30-31-25(23)21-7-6-19(13-27-21)18-8-10-32(11-9-18)17(3)4/h6-7,12-18H,8-11H2,1-5H3,(H,30,31).